The first-order valence-electron chi connectivity index (χ1n) is 7.14. The van der Waals surface area contributed by atoms with Crippen LogP contribution < -0.4 is 0 Å². The molecule has 0 saturated carbocycles. The first kappa shape index (κ1) is 20.3. The number of nitrogens with zero attached hydrogens (tertiary/aromatic N) is 2. The lowest BCUT2D eigenvalue weighted by molar-refractivity contribution is -0.141. The third-order valence-electron chi connectivity index (χ3n) is 3.00. The second-order valence-electron chi connectivity index (χ2n) is 5.40. The minimum absolute atomic E-state index is 0.0653. The molecule has 2 radical (unpaired) electrons. The van der Waals surface area contributed by atoms with Gasteiger partial charge in [0.2, 0.25) is 0 Å². The van der Waals surface area contributed by atoms with E-state index in [-0.39, 0.29) is 16.9 Å². The van der Waals surface area contributed by atoms with E-state index in [1.54, 1.807) is 0 Å². The van der Waals surface area contributed by atoms with Crippen LogP contribution in [-0.4, -0.2) is 30.1 Å². The summed E-state index contributed by atoms with van der Waals surface area (Å²) in [6, 6.07) is 5.39. The van der Waals surface area contributed by atoms with Crippen molar-refractivity contribution >= 4 is 30.9 Å². The normalized spacial score (nSPS) is 13.1. The first-order chi connectivity index (χ1) is 12.0. The SMILES string of the molecule is [B]C(=Nc1cc(SCC(C)(F)F)ccc1F)c1ccc(C(F)(F)F)nc1. The largest absolute Gasteiger partial charge is 0.433 e. The summed E-state index contributed by atoms with van der Waals surface area (Å²) in [6.07, 6.45) is -3.72. The fraction of sp³-hybridized carbons (Fsp3) is 0.250. The van der Waals surface area contributed by atoms with Crippen molar-refractivity contribution in [1.82, 2.24) is 4.98 Å². The van der Waals surface area contributed by atoms with Crippen LogP contribution in [0.3, 0.4) is 0 Å². The minimum Gasteiger partial charge on any atom is -0.261 e. The number of pyridine rings is 1. The van der Waals surface area contributed by atoms with Crippen molar-refractivity contribution in [2.75, 3.05) is 5.75 Å². The monoisotopic (exact) mass is 388 g/mol. The van der Waals surface area contributed by atoms with Crippen LogP contribution in [0.2, 0.25) is 0 Å². The van der Waals surface area contributed by atoms with Crippen molar-refractivity contribution in [2.45, 2.75) is 23.9 Å². The molecule has 136 valence electrons. The molecule has 0 atom stereocenters. The minimum atomic E-state index is -4.59. The second-order valence-corrected chi connectivity index (χ2v) is 6.45. The molecule has 0 N–H and O–H groups in total. The summed E-state index contributed by atoms with van der Waals surface area (Å²) in [5.41, 5.74) is -1.51. The topological polar surface area (TPSA) is 25.2 Å². The van der Waals surface area contributed by atoms with Crippen LogP contribution >= 0.6 is 11.8 Å². The molecule has 0 amide bonds. The molecular weight excluding hydrogens is 377 g/mol. The molecule has 26 heavy (non-hydrogen) atoms. The van der Waals surface area contributed by atoms with Crippen LogP contribution in [0.4, 0.5) is 32.0 Å². The molecule has 2 aromatic rings. The lowest BCUT2D eigenvalue weighted by atomic mass is 9.94. The van der Waals surface area contributed by atoms with E-state index in [0.717, 1.165) is 43.1 Å². The van der Waals surface area contributed by atoms with E-state index in [1.165, 1.54) is 12.1 Å². The van der Waals surface area contributed by atoms with E-state index in [2.05, 4.69) is 9.98 Å². The highest BCUT2D eigenvalue weighted by molar-refractivity contribution is 7.99. The molecule has 1 aromatic heterocycles. The van der Waals surface area contributed by atoms with Gasteiger partial charge < -0.3 is 0 Å². The number of aliphatic imine (C=N–C) groups is 1. The molecule has 0 aliphatic carbocycles. The zero-order valence-corrected chi connectivity index (χ0v) is 14.1. The highest BCUT2D eigenvalue weighted by Crippen LogP contribution is 2.30. The third kappa shape index (κ3) is 5.79. The van der Waals surface area contributed by atoms with Crippen LogP contribution in [0, 0.1) is 5.82 Å². The summed E-state index contributed by atoms with van der Waals surface area (Å²) in [5, 5.41) is 0. The van der Waals surface area contributed by atoms with E-state index in [9.17, 15) is 26.3 Å². The Kier molecular flexibility index (Phi) is 6.05. The van der Waals surface area contributed by atoms with Gasteiger partial charge >= 0.3 is 6.18 Å². The fourth-order valence-corrected chi connectivity index (χ4v) is 2.56. The molecule has 2 rings (SSSR count). The lowest BCUT2D eigenvalue weighted by Gasteiger charge is -2.10. The van der Waals surface area contributed by atoms with Crippen molar-refractivity contribution in [2.24, 2.45) is 4.99 Å². The summed E-state index contributed by atoms with van der Waals surface area (Å²) in [6.45, 7) is 0.762. The van der Waals surface area contributed by atoms with Gasteiger partial charge in [0.15, 0.2) is 0 Å². The summed E-state index contributed by atoms with van der Waals surface area (Å²) >= 11 is 0.814. The summed E-state index contributed by atoms with van der Waals surface area (Å²) in [4.78, 5) is 7.42. The highest BCUT2D eigenvalue weighted by Gasteiger charge is 2.32. The van der Waals surface area contributed by atoms with Crippen molar-refractivity contribution < 1.29 is 26.3 Å². The third-order valence-corrected chi connectivity index (χ3v) is 4.24. The molecule has 0 saturated heterocycles. The Morgan fingerprint density at radius 3 is 2.38 bits per heavy atom. The van der Waals surface area contributed by atoms with Crippen LogP contribution in [0.1, 0.15) is 18.2 Å². The molecule has 1 heterocycles. The van der Waals surface area contributed by atoms with Crippen LogP contribution in [0.25, 0.3) is 0 Å². The second kappa shape index (κ2) is 7.73. The van der Waals surface area contributed by atoms with Gasteiger partial charge in [-0.1, -0.05) is 6.07 Å². The lowest BCUT2D eigenvalue weighted by Crippen LogP contribution is -2.12. The smallest absolute Gasteiger partial charge is 0.261 e. The van der Waals surface area contributed by atoms with Gasteiger partial charge in [0.1, 0.15) is 19.4 Å². The van der Waals surface area contributed by atoms with Gasteiger partial charge in [-0.15, -0.1) is 11.8 Å². The molecule has 2 nitrogen and oxygen atoms in total. The van der Waals surface area contributed by atoms with Crippen LogP contribution in [-0.2, 0) is 6.18 Å². The average molecular weight is 388 g/mol. The zero-order valence-electron chi connectivity index (χ0n) is 13.3. The predicted octanol–water partition coefficient (Wildman–Crippen LogP) is 5.23. The molecule has 0 aliphatic rings. The number of hydrogen-bond acceptors (Lipinski definition) is 3. The quantitative estimate of drug-likeness (QED) is 0.303. The Balaban J connectivity index is 2.24. The number of aromatic nitrogens is 1. The van der Waals surface area contributed by atoms with Gasteiger partial charge in [0.05, 0.1) is 11.4 Å². The predicted molar refractivity (Wildman–Crippen MR) is 88.9 cm³/mol. The van der Waals surface area contributed by atoms with Crippen molar-refractivity contribution in [3.05, 3.63) is 53.6 Å². The molecule has 0 bridgehead atoms. The molecule has 0 spiro atoms. The Hall–Kier alpha value is -1.97. The van der Waals surface area contributed by atoms with Gasteiger partial charge in [-0.3, -0.25) is 9.98 Å². The molecule has 0 unspecified atom stereocenters. The molecule has 10 heteroatoms. The maximum Gasteiger partial charge on any atom is 0.433 e. The van der Waals surface area contributed by atoms with Crippen molar-refractivity contribution in [1.29, 1.82) is 0 Å². The Labute approximate surface area is 151 Å². The van der Waals surface area contributed by atoms with Crippen LogP contribution in [0.5, 0.6) is 0 Å². The first-order valence-corrected chi connectivity index (χ1v) is 8.12. The van der Waals surface area contributed by atoms with Gasteiger partial charge in [-0.25, -0.2) is 13.2 Å². The van der Waals surface area contributed by atoms with E-state index >= 15 is 0 Å². The van der Waals surface area contributed by atoms with Gasteiger partial charge in [0, 0.05) is 23.6 Å². The number of alkyl halides is 5. The van der Waals surface area contributed by atoms with Gasteiger partial charge in [0.25, 0.3) is 5.92 Å². The van der Waals surface area contributed by atoms with Crippen molar-refractivity contribution in [3.8, 4) is 0 Å². The van der Waals surface area contributed by atoms with Crippen molar-refractivity contribution in [3.63, 3.8) is 0 Å². The van der Waals surface area contributed by atoms with E-state index in [4.69, 9.17) is 7.85 Å². The van der Waals surface area contributed by atoms with E-state index in [1.807, 2.05) is 0 Å². The standard InChI is InChI=1S/C16H11BF6N2S/c1-15(19,20)8-26-10-3-4-11(18)12(6-10)25-14(17)9-2-5-13(24-7-9)16(21,22)23/h2-7H,8H2,1H3. The Morgan fingerprint density at radius 1 is 1.15 bits per heavy atom. The average Bonchev–Trinajstić information content (AvgIpc) is 2.54. The Bertz CT molecular complexity index is 800. The maximum atomic E-state index is 13.9. The van der Waals surface area contributed by atoms with Gasteiger partial charge in [-0.2, -0.15) is 13.2 Å². The molecule has 0 aliphatic heterocycles. The van der Waals surface area contributed by atoms with Crippen LogP contribution in [0.15, 0.2) is 46.4 Å². The molecular formula is C16H11BF6N2S. The highest BCUT2D eigenvalue weighted by atomic mass is 32.2. The summed E-state index contributed by atoms with van der Waals surface area (Å²) in [7, 11) is 5.68. The number of thioether (sulfide) groups is 1. The zero-order chi connectivity index (χ0) is 19.5. The molecule has 0 fully saturated rings. The number of benzene rings is 1. The summed E-state index contributed by atoms with van der Waals surface area (Å²) in [5.74, 6) is -4.14. The number of hydrogen-bond donors (Lipinski definition) is 0. The Morgan fingerprint density at radius 2 is 1.85 bits per heavy atom. The number of rotatable bonds is 5. The fourth-order valence-electron chi connectivity index (χ4n) is 1.79. The van der Waals surface area contributed by atoms with E-state index in [0.29, 0.717) is 4.90 Å². The molecule has 1 aromatic carbocycles. The van der Waals surface area contributed by atoms with E-state index < -0.39 is 29.4 Å². The summed E-state index contributed by atoms with van der Waals surface area (Å²) < 4.78 is 77.1. The maximum absolute atomic E-state index is 13.9. The van der Waals surface area contributed by atoms with Gasteiger partial charge in [-0.05, 0) is 29.9 Å². The number of halogens is 6.